The van der Waals surface area contributed by atoms with E-state index in [2.05, 4.69) is 26.3 Å². The number of methoxy groups -OCH3 is 1. The highest BCUT2D eigenvalue weighted by atomic mass is 79.9. The van der Waals surface area contributed by atoms with Crippen LogP contribution in [0.4, 0.5) is 5.69 Å². The summed E-state index contributed by atoms with van der Waals surface area (Å²) in [7, 11) is 4.91. The molecule has 7 nitrogen and oxygen atoms in total. The number of aromatic nitrogens is 2. The molecule has 0 fully saturated rings. The van der Waals surface area contributed by atoms with E-state index in [0.717, 1.165) is 0 Å². The number of nitrogens with one attached hydrogen (secondary N) is 1. The first-order valence-corrected chi connectivity index (χ1v) is 6.90. The Bertz CT molecular complexity index is 530. The van der Waals surface area contributed by atoms with Gasteiger partial charge in [0.2, 0.25) is 5.91 Å². The summed E-state index contributed by atoms with van der Waals surface area (Å²) >= 11 is 3.24. The van der Waals surface area contributed by atoms with E-state index in [4.69, 9.17) is 4.74 Å². The molecule has 0 saturated heterocycles. The molecule has 20 heavy (non-hydrogen) atoms. The van der Waals surface area contributed by atoms with Gasteiger partial charge in [0, 0.05) is 21.2 Å². The normalized spacial score (nSPS) is 12.1. The van der Waals surface area contributed by atoms with Crippen molar-refractivity contribution >= 4 is 27.5 Å². The number of nitrogens with zero attached hydrogens (tertiary/aromatic N) is 3. The number of amides is 1. The highest BCUT2D eigenvalue weighted by molar-refractivity contribution is 9.10. The zero-order chi connectivity index (χ0) is 15.3. The second-order valence-electron chi connectivity index (χ2n) is 4.49. The molecule has 0 aliphatic heterocycles. The van der Waals surface area contributed by atoms with E-state index < -0.39 is 6.04 Å². The van der Waals surface area contributed by atoms with Gasteiger partial charge in [0.05, 0.1) is 25.0 Å². The molecule has 112 valence electrons. The first-order valence-electron chi connectivity index (χ1n) is 6.10. The van der Waals surface area contributed by atoms with Crippen LogP contribution in [-0.2, 0) is 16.1 Å². The lowest BCUT2D eigenvalue weighted by Gasteiger charge is -2.19. The molecule has 1 unspecified atom stereocenters. The van der Waals surface area contributed by atoms with Crippen LogP contribution < -0.4 is 10.9 Å². The van der Waals surface area contributed by atoms with E-state index in [1.807, 2.05) is 0 Å². The van der Waals surface area contributed by atoms with Crippen LogP contribution in [0.1, 0.15) is 6.92 Å². The quantitative estimate of drug-likeness (QED) is 0.813. The maximum atomic E-state index is 12.0. The van der Waals surface area contributed by atoms with Crippen LogP contribution in [0.5, 0.6) is 0 Å². The molecule has 0 saturated carbocycles. The van der Waals surface area contributed by atoms with Gasteiger partial charge in [-0.3, -0.25) is 9.59 Å². The van der Waals surface area contributed by atoms with E-state index in [0.29, 0.717) is 23.3 Å². The largest absolute Gasteiger partial charge is 0.383 e. The third-order valence-corrected chi connectivity index (χ3v) is 3.44. The van der Waals surface area contributed by atoms with Crippen molar-refractivity contribution in [3.63, 3.8) is 0 Å². The Morgan fingerprint density at radius 3 is 2.80 bits per heavy atom. The molecular formula is C12H19BrN4O3. The first kappa shape index (κ1) is 16.6. The van der Waals surface area contributed by atoms with Gasteiger partial charge in [0.1, 0.15) is 10.5 Å². The Morgan fingerprint density at radius 1 is 1.60 bits per heavy atom. The number of hydrogen-bond acceptors (Lipinski definition) is 5. The van der Waals surface area contributed by atoms with E-state index in [1.165, 1.54) is 15.8 Å². The Kier molecular flexibility index (Phi) is 6.15. The standard InChI is InChI=1S/C12H19BrN4O3/c1-8(11(18)16(2)3)15-9-7-14-17(5-6-20-4)12(19)10(9)13/h7-8,15H,5-6H2,1-4H3. The third-order valence-electron chi connectivity index (χ3n) is 2.68. The molecule has 1 N–H and O–H groups in total. The molecule has 1 rings (SSSR count). The van der Waals surface area contributed by atoms with Crippen LogP contribution >= 0.6 is 15.9 Å². The zero-order valence-corrected chi connectivity index (χ0v) is 13.6. The van der Waals surface area contributed by atoms with Crippen LogP contribution in [0.2, 0.25) is 0 Å². The smallest absolute Gasteiger partial charge is 0.283 e. The molecule has 0 spiro atoms. The number of carbonyl (C=O) groups excluding carboxylic acids is 1. The number of rotatable bonds is 6. The highest BCUT2D eigenvalue weighted by Gasteiger charge is 2.17. The third kappa shape index (κ3) is 4.04. The van der Waals surface area contributed by atoms with Crippen molar-refractivity contribution < 1.29 is 9.53 Å². The molecule has 0 aliphatic carbocycles. The summed E-state index contributed by atoms with van der Waals surface area (Å²) in [4.78, 5) is 25.3. The predicted octanol–water partition coefficient (Wildman–Crippen LogP) is 0.541. The molecule has 8 heteroatoms. The van der Waals surface area contributed by atoms with Gasteiger partial charge in [0.15, 0.2) is 0 Å². The van der Waals surface area contributed by atoms with E-state index in [9.17, 15) is 9.59 Å². The molecular weight excluding hydrogens is 328 g/mol. The van der Waals surface area contributed by atoms with Gasteiger partial charge in [-0.1, -0.05) is 0 Å². The Hall–Kier alpha value is -1.41. The van der Waals surface area contributed by atoms with Crippen LogP contribution in [-0.4, -0.2) is 54.4 Å². The van der Waals surface area contributed by atoms with E-state index in [1.54, 1.807) is 28.1 Å². The van der Waals surface area contributed by atoms with E-state index >= 15 is 0 Å². The summed E-state index contributed by atoms with van der Waals surface area (Å²) in [5, 5.41) is 7.01. The van der Waals surface area contributed by atoms with Gasteiger partial charge in [-0.15, -0.1) is 0 Å². The molecule has 1 heterocycles. The average molecular weight is 347 g/mol. The number of hydrogen-bond donors (Lipinski definition) is 1. The maximum absolute atomic E-state index is 12.0. The summed E-state index contributed by atoms with van der Waals surface area (Å²) in [5.41, 5.74) is 0.225. The van der Waals surface area contributed by atoms with Crippen molar-refractivity contribution in [2.75, 3.05) is 33.1 Å². The second kappa shape index (κ2) is 7.39. The number of carbonyl (C=O) groups is 1. The van der Waals surface area contributed by atoms with Gasteiger partial charge in [-0.2, -0.15) is 5.10 Å². The minimum atomic E-state index is -0.447. The van der Waals surface area contributed by atoms with Crippen molar-refractivity contribution in [2.24, 2.45) is 0 Å². The molecule has 0 aliphatic rings. The van der Waals surface area contributed by atoms with Crippen molar-refractivity contribution in [3.8, 4) is 0 Å². The lowest BCUT2D eigenvalue weighted by molar-refractivity contribution is -0.129. The molecule has 0 radical (unpaired) electrons. The molecule has 1 atom stereocenters. The SMILES string of the molecule is COCCn1ncc(NC(C)C(=O)N(C)C)c(Br)c1=O. The van der Waals surface area contributed by atoms with Gasteiger partial charge < -0.3 is 15.0 Å². The van der Waals surface area contributed by atoms with Crippen LogP contribution in [0.3, 0.4) is 0 Å². The molecule has 1 amide bonds. The van der Waals surface area contributed by atoms with Gasteiger partial charge in [-0.05, 0) is 22.9 Å². The minimum absolute atomic E-state index is 0.0829. The summed E-state index contributed by atoms with van der Waals surface area (Å²) in [5.74, 6) is -0.0829. The second-order valence-corrected chi connectivity index (χ2v) is 5.29. The Morgan fingerprint density at radius 2 is 2.25 bits per heavy atom. The topological polar surface area (TPSA) is 76.5 Å². The van der Waals surface area contributed by atoms with Crippen LogP contribution in [0.15, 0.2) is 15.5 Å². The Labute approximate surface area is 126 Å². The summed E-state index contributed by atoms with van der Waals surface area (Å²) in [6.45, 7) is 2.51. The molecule has 0 aromatic carbocycles. The van der Waals surface area contributed by atoms with Crippen molar-refractivity contribution in [3.05, 3.63) is 21.0 Å². The highest BCUT2D eigenvalue weighted by Crippen LogP contribution is 2.17. The fourth-order valence-electron chi connectivity index (χ4n) is 1.59. The van der Waals surface area contributed by atoms with Crippen molar-refractivity contribution in [2.45, 2.75) is 19.5 Å². The number of likely N-dealkylation sites (N-methyl/N-ethyl adjacent to an activating group) is 1. The minimum Gasteiger partial charge on any atom is -0.383 e. The van der Waals surface area contributed by atoms with Gasteiger partial charge in [-0.25, -0.2) is 4.68 Å². The number of anilines is 1. The summed E-state index contributed by atoms with van der Waals surface area (Å²) in [6.07, 6.45) is 1.51. The summed E-state index contributed by atoms with van der Waals surface area (Å²) < 4.78 is 6.56. The number of halogens is 1. The van der Waals surface area contributed by atoms with Gasteiger partial charge >= 0.3 is 0 Å². The monoisotopic (exact) mass is 346 g/mol. The predicted molar refractivity (Wildman–Crippen MR) is 79.9 cm³/mol. The average Bonchev–Trinajstić information content (AvgIpc) is 2.42. The molecule has 1 aromatic rings. The fourth-order valence-corrected chi connectivity index (χ4v) is 2.01. The van der Waals surface area contributed by atoms with Crippen LogP contribution in [0, 0.1) is 0 Å². The number of ether oxygens (including phenoxy) is 1. The lowest BCUT2D eigenvalue weighted by Crippen LogP contribution is -2.37. The van der Waals surface area contributed by atoms with Crippen molar-refractivity contribution in [1.29, 1.82) is 0 Å². The van der Waals surface area contributed by atoms with Gasteiger partial charge in [0.25, 0.3) is 5.56 Å². The first-order chi connectivity index (χ1) is 9.38. The van der Waals surface area contributed by atoms with Crippen LogP contribution in [0.25, 0.3) is 0 Å². The summed E-state index contributed by atoms with van der Waals surface area (Å²) in [6, 6.07) is -0.447. The maximum Gasteiger partial charge on any atom is 0.283 e. The molecule has 1 aromatic heterocycles. The van der Waals surface area contributed by atoms with Crippen molar-refractivity contribution in [1.82, 2.24) is 14.7 Å². The zero-order valence-electron chi connectivity index (χ0n) is 12.0. The van der Waals surface area contributed by atoms with E-state index in [-0.39, 0.29) is 11.5 Å². The Balaban J connectivity index is 2.90. The lowest BCUT2D eigenvalue weighted by atomic mass is 10.3. The molecule has 0 bridgehead atoms. The fraction of sp³-hybridized carbons (Fsp3) is 0.583.